The van der Waals surface area contributed by atoms with Crippen molar-refractivity contribution in [2.45, 2.75) is 25.2 Å². The van der Waals surface area contributed by atoms with Crippen LogP contribution in [0.3, 0.4) is 0 Å². The highest BCUT2D eigenvalue weighted by molar-refractivity contribution is 5.98. The van der Waals surface area contributed by atoms with E-state index in [1.807, 2.05) is 71.6 Å². The van der Waals surface area contributed by atoms with Crippen LogP contribution in [0.1, 0.15) is 41.1 Å². The van der Waals surface area contributed by atoms with Crippen molar-refractivity contribution in [3.63, 3.8) is 0 Å². The molecule has 154 valence electrons. The van der Waals surface area contributed by atoms with Crippen LogP contribution in [-0.4, -0.2) is 41.6 Å². The highest BCUT2D eigenvalue weighted by atomic mass is 16.5. The number of benzene rings is 3. The number of carboxylic acid groups (broad SMARTS) is 1. The predicted octanol–water partition coefficient (Wildman–Crippen LogP) is 4.71. The molecule has 1 N–H and O–H groups in total. The molecule has 1 aliphatic heterocycles. The second kappa shape index (κ2) is 8.99. The van der Waals surface area contributed by atoms with Gasteiger partial charge in [0.1, 0.15) is 5.75 Å². The van der Waals surface area contributed by atoms with Gasteiger partial charge in [-0.2, -0.15) is 0 Å². The first-order valence-electron chi connectivity index (χ1n) is 10.3. The summed E-state index contributed by atoms with van der Waals surface area (Å²) in [4.78, 5) is 25.7. The van der Waals surface area contributed by atoms with Gasteiger partial charge in [-0.25, -0.2) is 0 Å². The number of amides is 1. The topological polar surface area (TPSA) is 66.8 Å². The fourth-order valence-corrected chi connectivity index (χ4v) is 4.10. The van der Waals surface area contributed by atoms with Crippen LogP contribution in [0.15, 0.2) is 66.7 Å². The summed E-state index contributed by atoms with van der Waals surface area (Å²) in [7, 11) is 0. The molecule has 0 aromatic heterocycles. The van der Waals surface area contributed by atoms with Crippen molar-refractivity contribution in [1.82, 2.24) is 4.90 Å². The summed E-state index contributed by atoms with van der Waals surface area (Å²) < 4.78 is 5.72. The van der Waals surface area contributed by atoms with Gasteiger partial charge in [0.05, 0.1) is 13.0 Å². The van der Waals surface area contributed by atoms with Gasteiger partial charge in [0.25, 0.3) is 5.91 Å². The molecule has 5 heteroatoms. The molecule has 0 atom stereocenters. The summed E-state index contributed by atoms with van der Waals surface area (Å²) in [5.41, 5.74) is 1.82. The number of piperidine rings is 1. The van der Waals surface area contributed by atoms with Gasteiger partial charge in [-0.15, -0.1) is 0 Å². The second-order valence-electron chi connectivity index (χ2n) is 7.66. The molecule has 4 rings (SSSR count). The predicted molar refractivity (Wildman–Crippen MR) is 116 cm³/mol. The lowest BCUT2D eigenvalue weighted by Crippen LogP contribution is -2.38. The Morgan fingerprint density at radius 3 is 2.40 bits per heavy atom. The second-order valence-corrected chi connectivity index (χ2v) is 7.66. The Kier molecular flexibility index (Phi) is 5.98. The molecule has 0 bridgehead atoms. The van der Waals surface area contributed by atoms with Crippen LogP contribution < -0.4 is 4.74 Å². The number of carbonyl (C=O) groups is 2. The van der Waals surface area contributed by atoms with Crippen molar-refractivity contribution >= 4 is 22.6 Å². The monoisotopic (exact) mass is 403 g/mol. The summed E-state index contributed by atoms with van der Waals surface area (Å²) in [6, 6.07) is 21.7. The Bertz CT molecular complexity index is 1050. The standard InChI is InChI=1S/C25H25NO4/c27-24(28)13-16-30-23-8-4-3-7-22(23)19-11-14-26(15-12-19)25(29)21-10-9-18-5-1-2-6-20(18)17-21/h1-10,17,19H,11-16H2,(H,27,28). The summed E-state index contributed by atoms with van der Waals surface area (Å²) in [5.74, 6) is 0.253. The average molecular weight is 403 g/mol. The minimum Gasteiger partial charge on any atom is -0.493 e. The zero-order chi connectivity index (χ0) is 20.9. The minimum atomic E-state index is -0.868. The summed E-state index contributed by atoms with van der Waals surface area (Å²) in [5, 5.41) is 11.0. The number of fused-ring (bicyclic) bond motifs is 1. The number of nitrogens with zero attached hydrogens (tertiary/aromatic N) is 1. The van der Waals surface area contributed by atoms with Crippen LogP contribution in [0, 0.1) is 0 Å². The first kappa shape index (κ1) is 20.0. The molecule has 1 amide bonds. The zero-order valence-corrected chi connectivity index (χ0v) is 16.8. The molecule has 1 fully saturated rings. The Morgan fingerprint density at radius 2 is 1.63 bits per heavy atom. The number of likely N-dealkylation sites (tertiary alicyclic amines) is 1. The zero-order valence-electron chi connectivity index (χ0n) is 16.8. The summed E-state index contributed by atoms with van der Waals surface area (Å²) in [6.07, 6.45) is 1.70. The summed E-state index contributed by atoms with van der Waals surface area (Å²) in [6.45, 7) is 1.55. The maximum atomic E-state index is 13.0. The van der Waals surface area contributed by atoms with Gasteiger partial charge in [0.15, 0.2) is 0 Å². The number of rotatable bonds is 6. The maximum Gasteiger partial charge on any atom is 0.306 e. The van der Waals surface area contributed by atoms with E-state index in [-0.39, 0.29) is 18.9 Å². The van der Waals surface area contributed by atoms with Gasteiger partial charge in [-0.3, -0.25) is 9.59 Å². The lowest BCUT2D eigenvalue weighted by atomic mass is 9.88. The maximum absolute atomic E-state index is 13.0. The fraction of sp³-hybridized carbons (Fsp3) is 0.280. The molecule has 0 radical (unpaired) electrons. The van der Waals surface area contributed by atoms with Crippen LogP contribution in [0.4, 0.5) is 0 Å². The van der Waals surface area contributed by atoms with Crippen LogP contribution in [0.5, 0.6) is 5.75 Å². The van der Waals surface area contributed by atoms with Gasteiger partial charge in [-0.05, 0) is 53.3 Å². The van der Waals surface area contributed by atoms with E-state index in [0.717, 1.165) is 40.5 Å². The van der Waals surface area contributed by atoms with E-state index in [1.54, 1.807) is 0 Å². The van der Waals surface area contributed by atoms with Crippen molar-refractivity contribution in [3.05, 3.63) is 77.9 Å². The van der Waals surface area contributed by atoms with Gasteiger partial charge >= 0.3 is 5.97 Å². The van der Waals surface area contributed by atoms with Crippen LogP contribution in [0.2, 0.25) is 0 Å². The number of aliphatic carboxylic acids is 1. The third-order valence-corrected chi connectivity index (χ3v) is 5.71. The lowest BCUT2D eigenvalue weighted by Gasteiger charge is -2.33. The number of hydrogen-bond donors (Lipinski definition) is 1. The van der Waals surface area contributed by atoms with E-state index in [9.17, 15) is 9.59 Å². The molecule has 1 saturated heterocycles. The van der Waals surface area contributed by atoms with Crippen LogP contribution in [0.25, 0.3) is 10.8 Å². The van der Waals surface area contributed by atoms with Gasteiger partial charge in [0, 0.05) is 18.7 Å². The smallest absolute Gasteiger partial charge is 0.306 e. The van der Waals surface area contributed by atoms with Gasteiger partial charge < -0.3 is 14.7 Å². The molecular formula is C25H25NO4. The van der Waals surface area contributed by atoms with E-state index in [0.29, 0.717) is 19.0 Å². The Labute approximate surface area is 175 Å². The molecule has 1 heterocycles. The Hall–Kier alpha value is -3.34. The highest BCUT2D eigenvalue weighted by Crippen LogP contribution is 2.34. The highest BCUT2D eigenvalue weighted by Gasteiger charge is 2.26. The van der Waals surface area contributed by atoms with Crippen LogP contribution in [-0.2, 0) is 4.79 Å². The van der Waals surface area contributed by atoms with Crippen LogP contribution >= 0.6 is 0 Å². The van der Waals surface area contributed by atoms with Crippen molar-refractivity contribution in [3.8, 4) is 5.75 Å². The molecule has 3 aromatic rings. The third-order valence-electron chi connectivity index (χ3n) is 5.71. The normalized spacial score (nSPS) is 14.6. The first-order valence-corrected chi connectivity index (χ1v) is 10.3. The van der Waals surface area contributed by atoms with Crippen molar-refractivity contribution in [2.75, 3.05) is 19.7 Å². The molecule has 0 saturated carbocycles. The summed E-state index contributed by atoms with van der Waals surface area (Å²) >= 11 is 0. The van der Waals surface area contributed by atoms with E-state index < -0.39 is 5.97 Å². The van der Waals surface area contributed by atoms with E-state index in [1.165, 1.54) is 0 Å². The van der Waals surface area contributed by atoms with Crippen molar-refractivity contribution in [2.24, 2.45) is 0 Å². The number of hydrogen-bond acceptors (Lipinski definition) is 3. The quantitative estimate of drug-likeness (QED) is 0.647. The number of ether oxygens (including phenoxy) is 1. The molecule has 3 aromatic carbocycles. The lowest BCUT2D eigenvalue weighted by molar-refractivity contribution is -0.137. The molecule has 0 aliphatic carbocycles. The van der Waals surface area contributed by atoms with E-state index in [4.69, 9.17) is 9.84 Å². The molecule has 0 unspecified atom stereocenters. The molecule has 0 spiro atoms. The molecule has 30 heavy (non-hydrogen) atoms. The largest absolute Gasteiger partial charge is 0.493 e. The first-order chi connectivity index (χ1) is 14.6. The Balaban J connectivity index is 1.41. The fourth-order valence-electron chi connectivity index (χ4n) is 4.10. The van der Waals surface area contributed by atoms with Gasteiger partial charge in [0.2, 0.25) is 0 Å². The minimum absolute atomic E-state index is 0.0208. The van der Waals surface area contributed by atoms with E-state index >= 15 is 0 Å². The van der Waals surface area contributed by atoms with Gasteiger partial charge in [-0.1, -0.05) is 48.5 Å². The van der Waals surface area contributed by atoms with Crippen molar-refractivity contribution in [1.29, 1.82) is 0 Å². The SMILES string of the molecule is O=C(O)CCOc1ccccc1C1CCN(C(=O)c2ccc3ccccc3c2)CC1. The van der Waals surface area contributed by atoms with E-state index in [2.05, 4.69) is 0 Å². The molecule has 5 nitrogen and oxygen atoms in total. The van der Waals surface area contributed by atoms with Crippen molar-refractivity contribution < 1.29 is 19.4 Å². The molecule has 1 aliphatic rings. The average Bonchev–Trinajstić information content (AvgIpc) is 2.78. The number of para-hydroxylation sites is 1. The molecular weight excluding hydrogens is 378 g/mol. The third kappa shape index (κ3) is 4.46. The number of carbonyl (C=O) groups excluding carboxylic acids is 1. The Morgan fingerprint density at radius 1 is 0.933 bits per heavy atom. The number of carboxylic acids is 1.